The summed E-state index contributed by atoms with van der Waals surface area (Å²) in [6, 6.07) is 4.02. The van der Waals surface area contributed by atoms with E-state index >= 15 is 0 Å². The van der Waals surface area contributed by atoms with Gasteiger partial charge in [-0.15, -0.1) is 11.3 Å². The van der Waals surface area contributed by atoms with Crippen molar-refractivity contribution in [3.63, 3.8) is 0 Å². The van der Waals surface area contributed by atoms with Gasteiger partial charge in [-0.2, -0.15) is 0 Å². The van der Waals surface area contributed by atoms with Crippen LogP contribution in [0.4, 0.5) is 11.6 Å². The van der Waals surface area contributed by atoms with E-state index in [0.717, 1.165) is 71.4 Å². The molecule has 0 amide bonds. The van der Waals surface area contributed by atoms with Crippen molar-refractivity contribution < 1.29 is 4.74 Å². The molecule has 2 aliphatic rings. The molecule has 0 bridgehead atoms. The van der Waals surface area contributed by atoms with Gasteiger partial charge in [0.25, 0.3) is 0 Å². The molecular weight excluding hydrogens is 420 g/mol. The van der Waals surface area contributed by atoms with Crippen LogP contribution in [0.1, 0.15) is 37.0 Å². The van der Waals surface area contributed by atoms with Gasteiger partial charge in [-0.1, -0.05) is 19.9 Å². The standard InChI is InChI=1S/C24H26N6OS/c1-24(2)6-5-16-18(24)17-19-20(32-23(17)29-22(16)30-8-10-31-11-9-30)21(28-14-27-19)26-13-15-4-3-7-25-12-15/h3-4,7,12,14H,5-6,8-11,13H2,1-2H3,(H,26,27,28). The first kappa shape index (κ1) is 19.8. The number of pyridine rings is 2. The zero-order valence-corrected chi connectivity index (χ0v) is 19.2. The lowest BCUT2D eigenvalue weighted by Crippen LogP contribution is -2.37. The molecule has 8 heteroatoms. The monoisotopic (exact) mass is 446 g/mol. The molecule has 4 aromatic rings. The fourth-order valence-electron chi connectivity index (χ4n) is 5.03. The number of morpholine rings is 1. The number of fused-ring (bicyclic) bond motifs is 5. The number of anilines is 2. The molecule has 0 radical (unpaired) electrons. The largest absolute Gasteiger partial charge is 0.378 e. The Morgan fingerprint density at radius 2 is 2.09 bits per heavy atom. The van der Waals surface area contributed by atoms with Gasteiger partial charge in [0.05, 0.1) is 23.4 Å². The molecule has 1 fully saturated rings. The van der Waals surface area contributed by atoms with Crippen LogP contribution in [0.2, 0.25) is 0 Å². The van der Waals surface area contributed by atoms with Crippen molar-refractivity contribution in [2.75, 3.05) is 36.5 Å². The van der Waals surface area contributed by atoms with Crippen molar-refractivity contribution >= 4 is 43.4 Å². The van der Waals surface area contributed by atoms with E-state index in [4.69, 9.17) is 14.7 Å². The molecule has 0 unspecified atom stereocenters. The van der Waals surface area contributed by atoms with Crippen molar-refractivity contribution in [3.8, 4) is 0 Å². The normalized spacial score (nSPS) is 17.8. The molecule has 6 rings (SSSR count). The lowest BCUT2D eigenvalue weighted by atomic mass is 9.85. The molecule has 0 saturated carbocycles. The number of hydrogen-bond donors (Lipinski definition) is 1. The third-order valence-corrected chi connectivity index (χ3v) is 7.73. The number of hydrogen-bond acceptors (Lipinski definition) is 8. The summed E-state index contributed by atoms with van der Waals surface area (Å²) in [4.78, 5) is 22.2. The van der Waals surface area contributed by atoms with Crippen LogP contribution in [0, 0.1) is 0 Å². The third kappa shape index (κ3) is 3.20. The second kappa shape index (κ2) is 7.64. The predicted octanol–water partition coefficient (Wildman–Crippen LogP) is 4.31. The van der Waals surface area contributed by atoms with Gasteiger partial charge in [-0.05, 0) is 41.0 Å². The number of rotatable bonds is 4. The van der Waals surface area contributed by atoms with Crippen molar-refractivity contribution in [2.24, 2.45) is 0 Å². The smallest absolute Gasteiger partial charge is 0.147 e. The van der Waals surface area contributed by atoms with E-state index < -0.39 is 0 Å². The molecule has 1 aliphatic heterocycles. The summed E-state index contributed by atoms with van der Waals surface area (Å²) in [5.74, 6) is 2.00. The van der Waals surface area contributed by atoms with E-state index in [9.17, 15) is 0 Å². The Labute approximate surface area is 190 Å². The molecule has 0 spiro atoms. The first-order valence-corrected chi connectivity index (χ1v) is 12.0. The first-order chi connectivity index (χ1) is 15.6. The second-order valence-electron chi connectivity index (χ2n) is 9.17. The average molecular weight is 447 g/mol. The van der Waals surface area contributed by atoms with Crippen LogP contribution < -0.4 is 10.2 Å². The number of aromatic nitrogens is 4. The third-order valence-electron chi connectivity index (χ3n) is 6.65. The molecule has 4 aromatic heterocycles. The summed E-state index contributed by atoms with van der Waals surface area (Å²) in [5.41, 5.74) is 5.05. The molecule has 5 heterocycles. The van der Waals surface area contributed by atoms with Gasteiger partial charge in [0.1, 0.15) is 22.8 Å². The van der Waals surface area contributed by atoms with Gasteiger partial charge in [-0.25, -0.2) is 15.0 Å². The number of ether oxygens (including phenoxy) is 1. The highest BCUT2D eigenvalue weighted by Gasteiger charge is 2.37. The Bertz CT molecular complexity index is 1300. The van der Waals surface area contributed by atoms with E-state index in [0.29, 0.717) is 6.54 Å². The van der Waals surface area contributed by atoms with Crippen molar-refractivity contribution in [2.45, 2.75) is 38.6 Å². The summed E-state index contributed by atoms with van der Waals surface area (Å²) in [7, 11) is 0. The van der Waals surface area contributed by atoms with Crippen molar-refractivity contribution in [1.29, 1.82) is 0 Å². The minimum absolute atomic E-state index is 0.0970. The molecule has 0 aromatic carbocycles. The maximum Gasteiger partial charge on any atom is 0.147 e. The van der Waals surface area contributed by atoms with Gasteiger partial charge in [0, 0.05) is 37.4 Å². The molecule has 0 atom stereocenters. The predicted molar refractivity (Wildman–Crippen MR) is 129 cm³/mol. The molecular formula is C24H26N6OS. The van der Waals surface area contributed by atoms with E-state index in [2.05, 4.69) is 40.1 Å². The van der Waals surface area contributed by atoms with E-state index in [1.807, 2.05) is 12.3 Å². The highest BCUT2D eigenvalue weighted by molar-refractivity contribution is 7.26. The van der Waals surface area contributed by atoms with Gasteiger partial charge in [0.2, 0.25) is 0 Å². The van der Waals surface area contributed by atoms with Crippen LogP contribution in [0.25, 0.3) is 20.4 Å². The fraction of sp³-hybridized carbons (Fsp3) is 0.417. The molecule has 1 aliphatic carbocycles. The Hall–Kier alpha value is -2.84. The van der Waals surface area contributed by atoms with Gasteiger partial charge in [-0.3, -0.25) is 4.98 Å². The summed E-state index contributed by atoms with van der Waals surface area (Å²) in [5, 5.41) is 4.71. The summed E-state index contributed by atoms with van der Waals surface area (Å²) in [6.07, 6.45) is 7.53. The summed E-state index contributed by atoms with van der Waals surface area (Å²) >= 11 is 1.70. The Balaban J connectivity index is 1.51. The maximum atomic E-state index is 5.60. The minimum Gasteiger partial charge on any atom is -0.378 e. The Kier molecular flexibility index (Phi) is 4.73. The topological polar surface area (TPSA) is 76.1 Å². The van der Waals surface area contributed by atoms with Crippen LogP contribution in [-0.4, -0.2) is 46.2 Å². The zero-order valence-electron chi connectivity index (χ0n) is 18.4. The number of thiophene rings is 1. The quantitative estimate of drug-likeness (QED) is 0.501. The number of nitrogens with zero attached hydrogens (tertiary/aromatic N) is 5. The van der Waals surface area contributed by atoms with E-state index in [1.54, 1.807) is 23.9 Å². The molecule has 164 valence electrons. The summed E-state index contributed by atoms with van der Waals surface area (Å²) < 4.78 is 6.67. The van der Waals surface area contributed by atoms with Crippen LogP contribution in [0.15, 0.2) is 30.9 Å². The highest BCUT2D eigenvalue weighted by Crippen LogP contribution is 2.49. The van der Waals surface area contributed by atoms with E-state index in [-0.39, 0.29) is 5.41 Å². The first-order valence-electron chi connectivity index (χ1n) is 11.2. The van der Waals surface area contributed by atoms with Gasteiger partial charge >= 0.3 is 0 Å². The molecule has 1 N–H and O–H groups in total. The lowest BCUT2D eigenvalue weighted by Gasteiger charge is -2.30. The van der Waals surface area contributed by atoms with E-state index in [1.165, 1.54) is 16.5 Å². The fourth-order valence-corrected chi connectivity index (χ4v) is 6.12. The van der Waals surface area contributed by atoms with Crippen LogP contribution in [0.5, 0.6) is 0 Å². The van der Waals surface area contributed by atoms with Crippen molar-refractivity contribution in [3.05, 3.63) is 47.5 Å². The van der Waals surface area contributed by atoms with Gasteiger partial charge in [0.15, 0.2) is 0 Å². The average Bonchev–Trinajstić information content (AvgIpc) is 3.35. The Morgan fingerprint density at radius 1 is 1.22 bits per heavy atom. The van der Waals surface area contributed by atoms with Crippen molar-refractivity contribution in [1.82, 2.24) is 19.9 Å². The molecule has 1 saturated heterocycles. The lowest BCUT2D eigenvalue weighted by molar-refractivity contribution is 0.122. The van der Waals surface area contributed by atoms with Gasteiger partial charge < -0.3 is 15.0 Å². The Morgan fingerprint density at radius 3 is 2.91 bits per heavy atom. The summed E-state index contributed by atoms with van der Waals surface area (Å²) in [6.45, 7) is 8.70. The highest BCUT2D eigenvalue weighted by atomic mass is 32.1. The van der Waals surface area contributed by atoms with Crippen LogP contribution in [-0.2, 0) is 23.1 Å². The molecule has 7 nitrogen and oxygen atoms in total. The van der Waals surface area contributed by atoms with Crippen LogP contribution >= 0.6 is 11.3 Å². The SMILES string of the molecule is CC1(C)CCc2c(N3CCOCC3)nc3sc4c(NCc5cccnc5)ncnc4c3c21. The number of nitrogens with one attached hydrogen (secondary N) is 1. The minimum atomic E-state index is 0.0970. The maximum absolute atomic E-state index is 5.60. The molecule has 32 heavy (non-hydrogen) atoms. The second-order valence-corrected chi connectivity index (χ2v) is 10.2. The zero-order chi connectivity index (χ0) is 21.7. The van der Waals surface area contributed by atoms with Crippen LogP contribution in [0.3, 0.4) is 0 Å².